The summed E-state index contributed by atoms with van der Waals surface area (Å²) < 4.78 is 0. The highest BCUT2D eigenvalue weighted by Gasteiger charge is 1.93. The van der Waals surface area contributed by atoms with Crippen molar-refractivity contribution in [3.8, 4) is 0 Å². The first kappa shape index (κ1) is 9.27. The first-order valence-corrected chi connectivity index (χ1v) is 4.49. The number of nitrogens with zero attached hydrogens (tertiary/aromatic N) is 1. The molecule has 0 atom stereocenters. The molecule has 0 heterocycles. The Morgan fingerprint density at radius 3 is 2.67 bits per heavy atom. The number of aliphatic hydroxyl groups is 1. The van der Waals surface area contributed by atoms with Gasteiger partial charge in [0.1, 0.15) is 0 Å². The molecule has 2 nitrogen and oxygen atoms in total. The monoisotopic (exact) mass is 149 g/mol. The summed E-state index contributed by atoms with van der Waals surface area (Å²) in [6, 6.07) is 0. The van der Waals surface area contributed by atoms with Crippen LogP contribution in [0.4, 0.5) is 0 Å². The second kappa shape index (κ2) is 6.39. The average Bonchev–Trinajstić information content (AvgIpc) is 1.85. The van der Waals surface area contributed by atoms with Crippen molar-refractivity contribution in [1.29, 1.82) is 0 Å². The van der Waals surface area contributed by atoms with Crippen molar-refractivity contribution < 1.29 is 5.11 Å². The fourth-order valence-corrected chi connectivity index (χ4v) is 1.20. The van der Waals surface area contributed by atoms with Gasteiger partial charge in [-0.25, -0.2) is 0 Å². The summed E-state index contributed by atoms with van der Waals surface area (Å²) in [5, 5.41) is 8.45. The lowest BCUT2D eigenvalue weighted by Crippen LogP contribution is -2.19. The summed E-state index contributed by atoms with van der Waals surface area (Å²) in [5.74, 6) is 1.06. The third-order valence-electron chi connectivity index (χ3n) is 1.05. The molecule has 0 aromatic carbocycles. The maximum Gasteiger partial charge on any atom is 0.0443 e. The summed E-state index contributed by atoms with van der Waals surface area (Å²) in [5.41, 5.74) is 0. The quantitative estimate of drug-likeness (QED) is 0.580. The van der Waals surface area contributed by atoms with Gasteiger partial charge in [-0.1, -0.05) is 0 Å². The molecule has 9 heavy (non-hydrogen) atoms. The number of thioether (sulfide) groups is 1. The minimum Gasteiger partial charge on any atom is -0.396 e. The van der Waals surface area contributed by atoms with Crippen LogP contribution in [0.5, 0.6) is 0 Å². The number of hydrogen-bond donors (Lipinski definition) is 1. The first-order valence-electron chi connectivity index (χ1n) is 3.09. The van der Waals surface area contributed by atoms with Crippen LogP contribution in [0.1, 0.15) is 6.42 Å². The van der Waals surface area contributed by atoms with E-state index in [0.29, 0.717) is 6.61 Å². The third-order valence-corrected chi connectivity index (χ3v) is 1.75. The summed E-state index contributed by atoms with van der Waals surface area (Å²) in [4.78, 5) is 2.20. The molecule has 0 spiro atoms. The smallest absolute Gasteiger partial charge is 0.0443 e. The summed E-state index contributed by atoms with van der Waals surface area (Å²) in [6.07, 6.45) is 2.96. The molecular weight excluding hydrogens is 134 g/mol. The van der Waals surface area contributed by atoms with E-state index in [4.69, 9.17) is 5.11 Å². The first-order chi connectivity index (χ1) is 4.31. The zero-order chi connectivity index (χ0) is 7.11. The summed E-state index contributed by atoms with van der Waals surface area (Å²) in [6.45, 7) is 1.30. The molecule has 0 rings (SSSR count). The molecule has 56 valence electrons. The maximum atomic E-state index is 8.45. The van der Waals surface area contributed by atoms with E-state index in [9.17, 15) is 0 Å². The lowest BCUT2D eigenvalue weighted by Gasteiger charge is -2.12. The molecular formula is C6H15NOS. The molecule has 0 bridgehead atoms. The Balaban J connectivity index is 2.95. The van der Waals surface area contributed by atoms with Gasteiger partial charge in [-0.3, -0.25) is 4.90 Å². The minimum absolute atomic E-state index is 0.304. The van der Waals surface area contributed by atoms with Gasteiger partial charge in [0.25, 0.3) is 0 Å². The van der Waals surface area contributed by atoms with Gasteiger partial charge in [0.15, 0.2) is 0 Å². The highest BCUT2D eigenvalue weighted by Crippen LogP contribution is 1.95. The lowest BCUT2D eigenvalue weighted by atomic mass is 10.4. The molecule has 0 aromatic heterocycles. The Kier molecular flexibility index (Phi) is 6.58. The van der Waals surface area contributed by atoms with Crippen LogP contribution < -0.4 is 0 Å². The number of aliphatic hydroxyl groups excluding tert-OH is 1. The van der Waals surface area contributed by atoms with E-state index >= 15 is 0 Å². The van der Waals surface area contributed by atoms with Crippen molar-refractivity contribution in [2.75, 3.05) is 32.3 Å². The molecule has 0 saturated carbocycles. The van der Waals surface area contributed by atoms with E-state index in [1.165, 1.54) is 0 Å². The van der Waals surface area contributed by atoms with E-state index in [1.807, 2.05) is 0 Å². The Bertz CT molecular complexity index is 61.0. The van der Waals surface area contributed by atoms with Crippen molar-refractivity contribution in [3.63, 3.8) is 0 Å². The van der Waals surface area contributed by atoms with Crippen LogP contribution in [0.3, 0.4) is 0 Å². The molecule has 0 aromatic rings. The molecule has 0 amide bonds. The topological polar surface area (TPSA) is 23.5 Å². The average molecular weight is 149 g/mol. The van der Waals surface area contributed by atoms with Gasteiger partial charge in [0, 0.05) is 19.0 Å². The van der Waals surface area contributed by atoms with Crippen molar-refractivity contribution in [2.45, 2.75) is 6.42 Å². The lowest BCUT2D eigenvalue weighted by molar-refractivity contribution is 0.260. The predicted molar refractivity (Wildman–Crippen MR) is 42.7 cm³/mol. The fraction of sp³-hybridized carbons (Fsp3) is 1.00. The normalized spacial score (nSPS) is 10.7. The molecule has 0 aliphatic rings. The molecule has 0 aliphatic heterocycles. The standard InChI is InChI=1S/C6H15NOS/c1-7(6-9-2)4-3-5-8/h8H,3-6H2,1-2H3. The van der Waals surface area contributed by atoms with Crippen molar-refractivity contribution >= 4 is 11.8 Å². The highest BCUT2D eigenvalue weighted by atomic mass is 32.2. The second-order valence-electron chi connectivity index (χ2n) is 2.07. The second-order valence-corrected chi connectivity index (χ2v) is 2.91. The molecule has 0 unspecified atom stereocenters. The van der Waals surface area contributed by atoms with Crippen molar-refractivity contribution in [2.24, 2.45) is 0 Å². The van der Waals surface area contributed by atoms with Crippen LogP contribution in [0.25, 0.3) is 0 Å². The van der Waals surface area contributed by atoms with Crippen LogP contribution in [-0.4, -0.2) is 42.3 Å². The van der Waals surface area contributed by atoms with Crippen molar-refractivity contribution in [3.05, 3.63) is 0 Å². The van der Waals surface area contributed by atoms with E-state index < -0.39 is 0 Å². The highest BCUT2D eigenvalue weighted by molar-refractivity contribution is 7.98. The van der Waals surface area contributed by atoms with Gasteiger partial charge in [0.2, 0.25) is 0 Å². The van der Waals surface area contributed by atoms with E-state index in [-0.39, 0.29) is 0 Å². The zero-order valence-electron chi connectivity index (χ0n) is 6.13. The van der Waals surface area contributed by atoms with Gasteiger partial charge >= 0.3 is 0 Å². The van der Waals surface area contributed by atoms with E-state index in [1.54, 1.807) is 11.8 Å². The molecule has 1 N–H and O–H groups in total. The van der Waals surface area contributed by atoms with Crippen LogP contribution in [0, 0.1) is 0 Å². The Morgan fingerprint density at radius 1 is 1.56 bits per heavy atom. The predicted octanol–water partition coefficient (Wildman–Crippen LogP) is 0.621. The van der Waals surface area contributed by atoms with Gasteiger partial charge in [-0.15, -0.1) is 11.8 Å². The van der Waals surface area contributed by atoms with Crippen molar-refractivity contribution in [1.82, 2.24) is 4.90 Å². The number of rotatable bonds is 5. The zero-order valence-corrected chi connectivity index (χ0v) is 6.95. The van der Waals surface area contributed by atoms with Gasteiger partial charge in [-0.2, -0.15) is 0 Å². The molecule has 0 aliphatic carbocycles. The SMILES string of the molecule is CSCN(C)CCCO. The molecule has 3 heteroatoms. The summed E-state index contributed by atoms with van der Waals surface area (Å²) >= 11 is 1.80. The van der Waals surface area contributed by atoms with Gasteiger partial charge < -0.3 is 5.11 Å². The largest absolute Gasteiger partial charge is 0.396 e. The Hall–Kier alpha value is 0.270. The summed E-state index contributed by atoms with van der Waals surface area (Å²) in [7, 11) is 2.06. The van der Waals surface area contributed by atoms with Gasteiger partial charge in [-0.05, 0) is 19.7 Å². The van der Waals surface area contributed by atoms with E-state index in [2.05, 4.69) is 18.2 Å². The van der Waals surface area contributed by atoms with Crippen LogP contribution in [-0.2, 0) is 0 Å². The Morgan fingerprint density at radius 2 is 2.22 bits per heavy atom. The van der Waals surface area contributed by atoms with Gasteiger partial charge in [0.05, 0.1) is 0 Å². The molecule has 0 radical (unpaired) electrons. The minimum atomic E-state index is 0.304. The van der Waals surface area contributed by atoms with Crippen LogP contribution in [0.15, 0.2) is 0 Å². The third kappa shape index (κ3) is 6.15. The van der Waals surface area contributed by atoms with Crippen LogP contribution >= 0.6 is 11.8 Å². The molecule has 0 fully saturated rings. The number of hydrogen-bond acceptors (Lipinski definition) is 3. The molecule has 0 saturated heterocycles. The van der Waals surface area contributed by atoms with Crippen LogP contribution in [0.2, 0.25) is 0 Å². The maximum absolute atomic E-state index is 8.45. The Labute approximate surface area is 61.2 Å². The van der Waals surface area contributed by atoms with E-state index in [0.717, 1.165) is 18.8 Å². The fourth-order valence-electron chi connectivity index (χ4n) is 0.626.